The third-order valence-electron chi connectivity index (χ3n) is 4.85. The highest BCUT2D eigenvalue weighted by Gasteiger charge is 2.28. The monoisotopic (exact) mass is 481 g/mol. The summed E-state index contributed by atoms with van der Waals surface area (Å²) in [5, 5.41) is 0.516. The third kappa shape index (κ3) is 7.34. The molecule has 178 valence electrons. The van der Waals surface area contributed by atoms with E-state index in [0.29, 0.717) is 41.7 Å². The van der Waals surface area contributed by atoms with Gasteiger partial charge in [-0.05, 0) is 42.9 Å². The zero-order valence-corrected chi connectivity index (χ0v) is 21.8. The number of carbonyl (C=O) groups is 1. The minimum absolute atomic E-state index is 0.0234. The molecule has 0 N–H and O–H groups in total. The molecule has 1 aromatic carbocycles. The smallest absolute Gasteiger partial charge is 0.228 e. The molecule has 0 spiro atoms. The number of halogens is 1. The SMILES string of the molecule is CC(C)CN(Cc1cnc(S(=O)(=O)Cc2cccc(Cl)c2)n1C(C)C)C(=O)CC(C)(C)C. The van der Waals surface area contributed by atoms with Gasteiger partial charge in [-0.2, -0.15) is 0 Å². The highest BCUT2D eigenvalue weighted by Crippen LogP contribution is 2.25. The number of benzene rings is 1. The van der Waals surface area contributed by atoms with E-state index in [1.54, 1.807) is 35.0 Å². The van der Waals surface area contributed by atoms with Gasteiger partial charge in [0.05, 0.1) is 24.2 Å². The van der Waals surface area contributed by atoms with Crippen molar-refractivity contribution in [1.82, 2.24) is 14.5 Å². The second-order valence-corrected chi connectivity index (χ2v) is 12.6. The van der Waals surface area contributed by atoms with E-state index in [1.165, 1.54) is 0 Å². The predicted octanol–water partition coefficient (Wildman–Crippen LogP) is 5.51. The van der Waals surface area contributed by atoms with Crippen LogP contribution in [0, 0.1) is 11.3 Å². The Morgan fingerprint density at radius 1 is 1.19 bits per heavy atom. The van der Waals surface area contributed by atoms with Gasteiger partial charge in [0, 0.05) is 24.0 Å². The summed E-state index contributed by atoms with van der Waals surface area (Å²) in [4.78, 5) is 19.1. The summed E-state index contributed by atoms with van der Waals surface area (Å²) < 4.78 is 28.2. The van der Waals surface area contributed by atoms with Gasteiger partial charge in [-0.15, -0.1) is 0 Å². The van der Waals surface area contributed by atoms with Crippen LogP contribution >= 0.6 is 11.6 Å². The van der Waals surface area contributed by atoms with Gasteiger partial charge < -0.3 is 9.47 Å². The van der Waals surface area contributed by atoms with Gasteiger partial charge in [0.25, 0.3) is 0 Å². The van der Waals surface area contributed by atoms with Crippen LogP contribution in [-0.4, -0.2) is 35.3 Å². The largest absolute Gasteiger partial charge is 0.337 e. The standard InChI is InChI=1S/C24H36ClN3O3S/c1-17(2)14-27(22(29)12-24(5,6)7)15-21-13-26-23(28(21)18(3)4)32(30,31)16-19-9-8-10-20(25)11-19/h8-11,13,17-18H,12,14-16H2,1-7H3. The van der Waals surface area contributed by atoms with Gasteiger partial charge in [0.15, 0.2) is 0 Å². The molecule has 2 rings (SSSR count). The summed E-state index contributed by atoms with van der Waals surface area (Å²) in [7, 11) is -3.70. The first kappa shape index (κ1) is 26.4. The van der Waals surface area contributed by atoms with E-state index in [-0.39, 0.29) is 28.3 Å². The fraction of sp³-hybridized carbons (Fsp3) is 0.583. The molecular weight excluding hydrogens is 446 g/mol. The number of hydrogen-bond donors (Lipinski definition) is 0. The molecule has 0 saturated heterocycles. The van der Waals surface area contributed by atoms with Gasteiger partial charge in [0.1, 0.15) is 0 Å². The zero-order valence-electron chi connectivity index (χ0n) is 20.2. The molecule has 0 aliphatic heterocycles. The molecule has 0 aliphatic rings. The number of nitrogens with zero attached hydrogens (tertiary/aromatic N) is 3. The minimum atomic E-state index is -3.70. The third-order valence-corrected chi connectivity index (χ3v) is 6.66. The number of amides is 1. The van der Waals surface area contributed by atoms with Crippen molar-refractivity contribution < 1.29 is 13.2 Å². The van der Waals surface area contributed by atoms with Gasteiger partial charge in [-0.25, -0.2) is 13.4 Å². The Hall–Kier alpha value is -1.86. The van der Waals surface area contributed by atoms with Crippen LogP contribution in [0.1, 0.15) is 72.2 Å². The van der Waals surface area contributed by atoms with E-state index in [0.717, 1.165) is 0 Å². The van der Waals surface area contributed by atoms with Crippen LogP contribution in [-0.2, 0) is 26.9 Å². The average Bonchev–Trinajstić information content (AvgIpc) is 3.04. The maximum atomic E-state index is 13.2. The average molecular weight is 482 g/mol. The summed E-state index contributed by atoms with van der Waals surface area (Å²) in [5.74, 6) is 0.168. The molecule has 0 atom stereocenters. The van der Waals surface area contributed by atoms with Crippen molar-refractivity contribution in [3.05, 3.63) is 46.7 Å². The molecule has 0 unspecified atom stereocenters. The summed E-state index contributed by atoms with van der Waals surface area (Å²) in [6, 6.07) is 6.71. The highest BCUT2D eigenvalue weighted by atomic mass is 35.5. The second kappa shape index (κ2) is 10.4. The molecule has 0 fully saturated rings. The Morgan fingerprint density at radius 3 is 2.38 bits per heavy atom. The molecule has 0 aliphatic carbocycles. The number of aromatic nitrogens is 2. The molecular formula is C24H36ClN3O3S. The molecule has 1 aromatic heterocycles. The molecule has 8 heteroatoms. The van der Waals surface area contributed by atoms with Crippen LogP contribution in [0.3, 0.4) is 0 Å². The first-order chi connectivity index (χ1) is 14.7. The van der Waals surface area contributed by atoms with Crippen LogP contribution in [0.2, 0.25) is 5.02 Å². The Morgan fingerprint density at radius 2 is 1.84 bits per heavy atom. The van der Waals surface area contributed by atoms with Crippen molar-refractivity contribution in [1.29, 1.82) is 0 Å². The van der Waals surface area contributed by atoms with Crippen molar-refractivity contribution in [3.8, 4) is 0 Å². The van der Waals surface area contributed by atoms with E-state index in [2.05, 4.69) is 18.8 Å². The van der Waals surface area contributed by atoms with Crippen LogP contribution in [0.5, 0.6) is 0 Å². The molecule has 0 radical (unpaired) electrons. The van der Waals surface area contributed by atoms with E-state index in [1.807, 2.05) is 39.5 Å². The second-order valence-electron chi connectivity index (χ2n) is 10.3. The van der Waals surface area contributed by atoms with Crippen LogP contribution in [0.15, 0.2) is 35.6 Å². The number of rotatable bonds is 9. The minimum Gasteiger partial charge on any atom is -0.337 e. The predicted molar refractivity (Wildman–Crippen MR) is 129 cm³/mol. The molecule has 1 heterocycles. The first-order valence-electron chi connectivity index (χ1n) is 11.0. The Bertz CT molecular complexity index is 1040. The lowest BCUT2D eigenvalue weighted by molar-refractivity contribution is -0.134. The lowest BCUT2D eigenvalue weighted by Crippen LogP contribution is -2.36. The molecule has 32 heavy (non-hydrogen) atoms. The Labute approximate surface area is 197 Å². The topological polar surface area (TPSA) is 72.3 Å². The fourth-order valence-electron chi connectivity index (χ4n) is 3.64. The fourth-order valence-corrected chi connectivity index (χ4v) is 5.45. The van der Waals surface area contributed by atoms with Gasteiger partial charge in [-0.1, -0.05) is 58.4 Å². The van der Waals surface area contributed by atoms with Gasteiger partial charge >= 0.3 is 0 Å². The molecule has 6 nitrogen and oxygen atoms in total. The summed E-state index contributed by atoms with van der Waals surface area (Å²) >= 11 is 6.03. The number of imidazole rings is 1. The van der Waals surface area contributed by atoms with E-state index >= 15 is 0 Å². The number of carbonyl (C=O) groups excluding carboxylic acids is 1. The van der Waals surface area contributed by atoms with Crippen molar-refractivity contribution in [2.24, 2.45) is 11.3 Å². The summed E-state index contributed by atoms with van der Waals surface area (Å²) in [6.45, 7) is 15.0. The van der Waals surface area contributed by atoms with Gasteiger partial charge in [-0.3, -0.25) is 4.79 Å². The van der Waals surface area contributed by atoms with Crippen LogP contribution in [0.25, 0.3) is 0 Å². The number of sulfone groups is 1. The summed E-state index contributed by atoms with van der Waals surface area (Å²) in [5.41, 5.74) is 1.20. The zero-order chi connectivity index (χ0) is 24.3. The van der Waals surface area contributed by atoms with E-state index in [9.17, 15) is 13.2 Å². The lowest BCUT2D eigenvalue weighted by atomic mass is 9.91. The van der Waals surface area contributed by atoms with E-state index < -0.39 is 9.84 Å². The van der Waals surface area contributed by atoms with Gasteiger partial charge in [0.2, 0.25) is 20.9 Å². The Balaban J connectivity index is 2.39. The highest BCUT2D eigenvalue weighted by molar-refractivity contribution is 7.90. The van der Waals surface area contributed by atoms with Crippen molar-refractivity contribution in [2.75, 3.05) is 6.54 Å². The normalized spacial score (nSPS) is 12.6. The van der Waals surface area contributed by atoms with Crippen molar-refractivity contribution >= 4 is 27.3 Å². The maximum absolute atomic E-state index is 13.2. The number of hydrogen-bond acceptors (Lipinski definition) is 4. The van der Waals surface area contributed by atoms with E-state index in [4.69, 9.17) is 11.6 Å². The maximum Gasteiger partial charge on any atom is 0.228 e. The molecule has 0 bridgehead atoms. The molecule has 1 amide bonds. The van der Waals surface area contributed by atoms with Crippen LogP contribution in [0.4, 0.5) is 0 Å². The first-order valence-corrected chi connectivity index (χ1v) is 13.0. The quantitative estimate of drug-likeness (QED) is 0.473. The molecule has 0 saturated carbocycles. The molecule has 2 aromatic rings. The van der Waals surface area contributed by atoms with Crippen molar-refractivity contribution in [3.63, 3.8) is 0 Å². The summed E-state index contributed by atoms with van der Waals surface area (Å²) in [6.07, 6.45) is 2.01. The van der Waals surface area contributed by atoms with Crippen molar-refractivity contribution in [2.45, 2.75) is 78.4 Å². The van der Waals surface area contributed by atoms with Crippen LogP contribution < -0.4 is 0 Å². The lowest BCUT2D eigenvalue weighted by Gasteiger charge is -2.29. The Kier molecular flexibility index (Phi) is 8.56.